The van der Waals surface area contributed by atoms with Gasteiger partial charge in [-0.2, -0.15) is 0 Å². The van der Waals surface area contributed by atoms with Gasteiger partial charge in [-0.1, -0.05) is 283 Å². The van der Waals surface area contributed by atoms with Crippen LogP contribution in [-0.2, 0) is 28.6 Å². The van der Waals surface area contributed by atoms with Crippen molar-refractivity contribution in [3.05, 3.63) is 134 Å². The van der Waals surface area contributed by atoms with E-state index >= 15 is 0 Å². The SMILES string of the molecule is CC/C=C\C/C=C\C/C=C\C/C=C\C/C=C\C/C=C\C/C=C\CCCCCCCCCCCC(=O)OCC(COC(=O)CCCCCCCCCC)OC(=O)CCCCCCCCCC/C=C\C/C=C\C/C=C\C/C=C\CC. The molecule has 0 aromatic heterocycles. The van der Waals surface area contributed by atoms with Gasteiger partial charge in [0.1, 0.15) is 13.2 Å². The number of carbonyl (C=O) groups excluding carboxylic acids is 3. The summed E-state index contributed by atoms with van der Waals surface area (Å²) in [5.74, 6) is -0.901. The number of ether oxygens (including phenoxy) is 3. The van der Waals surface area contributed by atoms with E-state index in [4.69, 9.17) is 14.2 Å². The molecular formula is C72H118O6. The van der Waals surface area contributed by atoms with Crippen LogP contribution in [0.5, 0.6) is 0 Å². The lowest BCUT2D eigenvalue weighted by molar-refractivity contribution is -0.167. The average Bonchev–Trinajstić information content (AvgIpc) is 3.44. The van der Waals surface area contributed by atoms with Gasteiger partial charge in [-0.3, -0.25) is 14.4 Å². The zero-order valence-corrected chi connectivity index (χ0v) is 50.6. The molecule has 0 aliphatic carbocycles. The molecule has 0 rings (SSSR count). The van der Waals surface area contributed by atoms with Crippen molar-refractivity contribution in [1.82, 2.24) is 0 Å². The van der Waals surface area contributed by atoms with Gasteiger partial charge in [-0.05, 0) is 116 Å². The number of rotatable bonds is 57. The lowest BCUT2D eigenvalue weighted by atomic mass is 10.1. The maximum absolute atomic E-state index is 12.9. The van der Waals surface area contributed by atoms with Crippen LogP contribution in [0.25, 0.3) is 0 Å². The van der Waals surface area contributed by atoms with Crippen LogP contribution < -0.4 is 0 Å². The highest BCUT2D eigenvalue weighted by molar-refractivity contribution is 5.71. The van der Waals surface area contributed by atoms with E-state index in [0.29, 0.717) is 19.3 Å². The van der Waals surface area contributed by atoms with Crippen molar-refractivity contribution >= 4 is 17.9 Å². The predicted octanol–water partition coefficient (Wildman–Crippen LogP) is 22.2. The van der Waals surface area contributed by atoms with Gasteiger partial charge in [0.25, 0.3) is 0 Å². The Bertz CT molecular complexity index is 1670. The second-order valence-electron chi connectivity index (χ2n) is 20.9. The molecule has 0 spiro atoms. The fourth-order valence-electron chi connectivity index (χ4n) is 8.65. The molecule has 6 nitrogen and oxygen atoms in total. The lowest BCUT2D eigenvalue weighted by Gasteiger charge is -2.18. The highest BCUT2D eigenvalue weighted by atomic mass is 16.6. The van der Waals surface area contributed by atoms with Crippen LogP contribution >= 0.6 is 0 Å². The quantitative estimate of drug-likeness (QED) is 0.0261. The van der Waals surface area contributed by atoms with Crippen molar-refractivity contribution in [2.75, 3.05) is 13.2 Å². The maximum Gasteiger partial charge on any atom is 0.306 e. The molecule has 0 saturated carbocycles. The molecule has 1 unspecified atom stereocenters. The van der Waals surface area contributed by atoms with Crippen molar-refractivity contribution in [3.63, 3.8) is 0 Å². The summed E-state index contributed by atoms with van der Waals surface area (Å²) in [5.41, 5.74) is 0. The summed E-state index contributed by atoms with van der Waals surface area (Å²) in [5, 5.41) is 0. The van der Waals surface area contributed by atoms with Gasteiger partial charge in [0.15, 0.2) is 6.10 Å². The Hall–Kier alpha value is -4.45. The maximum atomic E-state index is 12.9. The van der Waals surface area contributed by atoms with E-state index in [1.165, 1.54) is 103 Å². The minimum absolute atomic E-state index is 0.0844. The summed E-state index contributed by atoms with van der Waals surface area (Å²) in [4.78, 5) is 38.2. The predicted molar refractivity (Wildman–Crippen MR) is 339 cm³/mol. The molecular weight excluding hydrogens is 961 g/mol. The molecule has 0 amide bonds. The minimum Gasteiger partial charge on any atom is -0.462 e. The number of esters is 3. The summed E-state index contributed by atoms with van der Waals surface area (Å²) < 4.78 is 16.9. The number of allylic oxidation sites excluding steroid dienone is 22. The normalized spacial score (nSPS) is 13.0. The Morgan fingerprint density at radius 2 is 0.500 bits per heavy atom. The third kappa shape index (κ3) is 62.4. The molecule has 0 N–H and O–H groups in total. The highest BCUT2D eigenvalue weighted by Crippen LogP contribution is 2.15. The number of unbranched alkanes of at least 4 members (excludes halogenated alkanes) is 24. The Balaban J connectivity index is 4.21. The van der Waals surface area contributed by atoms with Crippen LogP contribution in [0, 0.1) is 0 Å². The summed E-state index contributed by atoms with van der Waals surface area (Å²) in [6.45, 7) is 6.38. The fraction of sp³-hybridized carbons (Fsp3) is 0.653. The minimum atomic E-state index is -0.787. The van der Waals surface area contributed by atoms with Crippen LogP contribution in [-0.4, -0.2) is 37.2 Å². The van der Waals surface area contributed by atoms with Crippen molar-refractivity contribution in [1.29, 1.82) is 0 Å². The first kappa shape index (κ1) is 73.5. The molecule has 0 saturated heterocycles. The van der Waals surface area contributed by atoms with Crippen LogP contribution in [0.4, 0.5) is 0 Å². The molecule has 0 aromatic rings. The van der Waals surface area contributed by atoms with Gasteiger partial charge in [0.05, 0.1) is 0 Å². The number of hydrogen-bond donors (Lipinski definition) is 0. The topological polar surface area (TPSA) is 78.9 Å². The van der Waals surface area contributed by atoms with Gasteiger partial charge in [-0.15, -0.1) is 0 Å². The molecule has 0 radical (unpaired) electrons. The molecule has 0 aliphatic heterocycles. The second kappa shape index (κ2) is 65.1. The first-order chi connectivity index (χ1) is 38.5. The summed E-state index contributed by atoms with van der Waals surface area (Å²) >= 11 is 0. The molecule has 78 heavy (non-hydrogen) atoms. The van der Waals surface area contributed by atoms with Crippen molar-refractivity contribution in [2.24, 2.45) is 0 Å². The summed E-state index contributed by atoms with van der Waals surface area (Å²) in [6, 6.07) is 0. The molecule has 1 atom stereocenters. The molecule has 0 bridgehead atoms. The van der Waals surface area contributed by atoms with Gasteiger partial charge >= 0.3 is 17.9 Å². The van der Waals surface area contributed by atoms with Gasteiger partial charge in [0, 0.05) is 19.3 Å². The van der Waals surface area contributed by atoms with Crippen molar-refractivity contribution < 1.29 is 28.6 Å². The summed E-state index contributed by atoms with van der Waals surface area (Å²) in [6.07, 6.45) is 91.8. The second-order valence-corrected chi connectivity index (χ2v) is 20.9. The Kier molecular flexibility index (Phi) is 61.4. The fourth-order valence-corrected chi connectivity index (χ4v) is 8.65. The number of hydrogen-bond acceptors (Lipinski definition) is 6. The average molecular weight is 1080 g/mol. The van der Waals surface area contributed by atoms with E-state index in [9.17, 15) is 14.4 Å². The van der Waals surface area contributed by atoms with E-state index in [0.717, 1.165) is 141 Å². The first-order valence-electron chi connectivity index (χ1n) is 32.2. The molecule has 0 aromatic carbocycles. The monoisotopic (exact) mass is 1080 g/mol. The zero-order chi connectivity index (χ0) is 56.4. The zero-order valence-electron chi connectivity index (χ0n) is 50.6. The smallest absolute Gasteiger partial charge is 0.306 e. The third-order valence-corrected chi connectivity index (χ3v) is 13.4. The van der Waals surface area contributed by atoms with E-state index in [-0.39, 0.29) is 31.1 Å². The molecule has 0 fully saturated rings. The molecule has 442 valence electrons. The van der Waals surface area contributed by atoms with E-state index in [1.54, 1.807) is 0 Å². The molecule has 0 heterocycles. The van der Waals surface area contributed by atoms with Crippen LogP contribution in [0.3, 0.4) is 0 Å². The van der Waals surface area contributed by atoms with Crippen LogP contribution in [0.1, 0.15) is 284 Å². The standard InChI is InChI=1S/C72H118O6/c1-4-7-10-13-16-19-21-23-25-27-29-31-32-33-34-35-36-37-38-39-40-42-43-45-47-49-51-53-56-59-62-65-71(74)77-68-69(67-76-70(73)64-61-58-55-18-15-12-9-6-3)78-72(75)66-63-60-57-54-52-50-48-46-44-41-30-28-26-24-22-20-17-14-11-8-5-2/h7-8,10-11,16-17,19-20,23-26,29-31,33-34,36-37,39-41,69H,4-6,9,12-15,18,21-22,27-28,32,35,38,42-68H2,1-3H3/b10-7-,11-8-,19-16-,20-17-,25-23-,26-24-,31-29-,34-33-,37-36-,40-39-,41-30-. The lowest BCUT2D eigenvalue weighted by Crippen LogP contribution is -2.30. The van der Waals surface area contributed by atoms with Gasteiger partial charge in [0.2, 0.25) is 0 Å². The Morgan fingerprint density at radius 1 is 0.269 bits per heavy atom. The van der Waals surface area contributed by atoms with Crippen molar-refractivity contribution in [2.45, 2.75) is 290 Å². The van der Waals surface area contributed by atoms with E-state index in [1.807, 2.05) is 0 Å². The molecule has 6 heteroatoms. The highest BCUT2D eigenvalue weighted by Gasteiger charge is 2.19. The van der Waals surface area contributed by atoms with Gasteiger partial charge in [-0.25, -0.2) is 0 Å². The Morgan fingerprint density at radius 3 is 0.782 bits per heavy atom. The Labute approximate surface area is 481 Å². The number of carbonyl (C=O) groups is 3. The van der Waals surface area contributed by atoms with Crippen LogP contribution in [0.15, 0.2) is 134 Å². The largest absolute Gasteiger partial charge is 0.462 e. The van der Waals surface area contributed by atoms with Gasteiger partial charge < -0.3 is 14.2 Å². The summed E-state index contributed by atoms with van der Waals surface area (Å²) in [7, 11) is 0. The van der Waals surface area contributed by atoms with Crippen molar-refractivity contribution in [3.8, 4) is 0 Å². The first-order valence-corrected chi connectivity index (χ1v) is 32.2. The van der Waals surface area contributed by atoms with E-state index < -0.39 is 6.10 Å². The van der Waals surface area contributed by atoms with E-state index in [2.05, 4.69) is 154 Å². The molecule has 0 aliphatic rings. The van der Waals surface area contributed by atoms with Crippen LogP contribution in [0.2, 0.25) is 0 Å². The third-order valence-electron chi connectivity index (χ3n) is 13.4.